The van der Waals surface area contributed by atoms with Crippen LogP contribution >= 0.6 is 0 Å². The predicted molar refractivity (Wildman–Crippen MR) is 49.5 cm³/mol. The second-order valence-corrected chi connectivity index (χ2v) is 3.62. The zero-order valence-corrected chi connectivity index (χ0v) is 8.30. The molecular formula is C10H22O. The van der Waals surface area contributed by atoms with Gasteiger partial charge in [-0.2, -0.15) is 0 Å². The van der Waals surface area contributed by atoms with Crippen molar-refractivity contribution in [2.45, 2.75) is 40.5 Å². The standard InChI is InChI=1S/C10H22O/c1-5-8(3)10(6-2)9(4)7-11/h8-11H,5-7H2,1-4H3. The van der Waals surface area contributed by atoms with Gasteiger partial charge in [-0.05, 0) is 17.8 Å². The average Bonchev–Trinajstić information content (AvgIpc) is 2.05. The van der Waals surface area contributed by atoms with E-state index in [1.807, 2.05) is 0 Å². The lowest BCUT2D eigenvalue weighted by Crippen LogP contribution is -2.21. The van der Waals surface area contributed by atoms with Crippen LogP contribution in [0.5, 0.6) is 0 Å². The Kier molecular flexibility index (Phi) is 5.57. The van der Waals surface area contributed by atoms with Crippen molar-refractivity contribution in [2.24, 2.45) is 17.8 Å². The van der Waals surface area contributed by atoms with Crippen LogP contribution in [0, 0.1) is 17.8 Å². The molecule has 0 aromatic carbocycles. The molecule has 0 heterocycles. The highest BCUT2D eigenvalue weighted by atomic mass is 16.3. The minimum Gasteiger partial charge on any atom is -0.396 e. The molecule has 68 valence electrons. The van der Waals surface area contributed by atoms with Crippen molar-refractivity contribution in [3.05, 3.63) is 0 Å². The molecule has 0 bridgehead atoms. The summed E-state index contributed by atoms with van der Waals surface area (Å²) in [4.78, 5) is 0. The van der Waals surface area contributed by atoms with Crippen LogP contribution in [0.2, 0.25) is 0 Å². The minimum absolute atomic E-state index is 0.336. The van der Waals surface area contributed by atoms with Crippen LogP contribution in [-0.4, -0.2) is 11.7 Å². The van der Waals surface area contributed by atoms with Crippen LogP contribution in [0.1, 0.15) is 40.5 Å². The van der Waals surface area contributed by atoms with E-state index in [0.29, 0.717) is 18.4 Å². The minimum atomic E-state index is 0.336. The third-order valence-electron chi connectivity index (χ3n) is 2.87. The molecule has 3 atom stereocenters. The van der Waals surface area contributed by atoms with Crippen LogP contribution < -0.4 is 0 Å². The van der Waals surface area contributed by atoms with Gasteiger partial charge in [0.25, 0.3) is 0 Å². The quantitative estimate of drug-likeness (QED) is 0.652. The highest BCUT2D eigenvalue weighted by Gasteiger charge is 2.19. The average molecular weight is 158 g/mol. The molecule has 0 spiro atoms. The highest BCUT2D eigenvalue weighted by molar-refractivity contribution is 4.69. The fourth-order valence-electron chi connectivity index (χ4n) is 1.80. The van der Waals surface area contributed by atoms with Gasteiger partial charge in [-0.1, -0.05) is 40.5 Å². The molecule has 0 aromatic heterocycles. The van der Waals surface area contributed by atoms with Crippen molar-refractivity contribution in [1.82, 2.24) is 0 Å². The smallest absolute Gasteiger partial charge is 0.0459 e. The summed E-state index contributed by atoms with van der Waals surface area (Å²) in [5.41, 5.74) is 0. The van der Waals surface area contributed by atoms with Crippen molar-refractivity contribution >= 4 is 0 Å². The second-order valence-electron chi connectivity index (χ2n) is 3.62. The Morgan fingerprint density at radius 1 is 1.00 bits per heavy atom. The lowest BCUT2D eigenvalue weighted by Gasteiger charge is -2.26. The molecule has 0 aromatic rings. The van der Waals surface area contributed by atoms with E-state index < -0.39 is 0 Å². The van der Waals surface area contributed by atoms with Crippen molar-refractivity contribution in [2.75, 3.05) is 6.61 Å². The van der Waals surface area contributed by atoms with E-state index in [4.69, 9.17) is 5.11 Å². The normalized spacial score (nSPS) is 19.4. The molecule has 1 heteroatoms. The maximum Gasteiger partial charge on any atom is 0.0459 e. The monoisotopic (exact) mass is 158 g/mol. The van der Waals surface area contributed by atoms with Gasteiger partial charge >= 0.3 is 0 Å². The van der Waals surface area contributed by atoms with Crippen LogP contribution in [0.4, 0.5) is 0 Å². The Labute approximate surface area is 70.8 Å². The Balaban J connectivity index is 3.92. The summed E-state index contributed by atoms with van der Waals surface area (Å²) < 4.78 is 0. The van der Waals surface area contributed by atoms with Gasteiger partial charge in [-0.25, -0.2) is 0 Å². The molecule has 0 radical (unpaired) electrons. The summed E-state index contributed by atoms with van der Waals surface area (Å²) in [6.45, 7) is 9.18. The summed E-state index contributed by atoms with van der Waals surface area (Å²) in [5.74, 6) is 1.92. The number of aliphatic hydroxyl groups excluding tert-OH is 1. The zero-order valence-electron chi connectivity index (χ0n) is 8.30. The first-order chi connectivity index (χ1) is 5.17. The molecule has 0 aliphatic carbocycles. The Morgan fingerprint density at radius 3 is 1.82 bits per heavy atom. The predicted octanol–water partition coefficient (Wildman–Crippen LogP) is 2.69. The lowest BCUT2D eigenvalue weighted by atomic mass is 9.81. The van der Waals surface area contributed by atoms with E-state index in [1.165, 1.54) is 12.8 Å². The van der Waals surface area contributed by atoms with Crippen LogP contribution in [0.3, 0.4) is 0 Å². The van der Waals surface area contributed by atoms with Crippen molar-refractivity contribution in [3.63, 3.8) is 0 Å². The molecule has 0 aliphatic rings. The summed E-state index contributed by atoms with van der Waals surface area (Å²) in [7, 11) is 0. The second kappa shape index (κ2) is 5.59. The molecule has 0 amide bonds. The number of aliphatic hydroxyl groups is 1. The van der Waals surface area contributed by atoms with E-state index in [0.717, 1.165) is 5.92 Å². The number of hydrogen-bond acceptors (Lipinski definition) is 1. The third kappa shape index (κ3) is 3.24. The molecular weight excluding hydrogens is 136 g/mol. The largest absolute Gasteiger partial charge is 0.396 e. The van der Waals surface area contributed by atoms with Gasteiger partial charge in [-0.3, -0.25) is 0 Å². The summed E-state index contributed by atoms with van der Waals surface area (Å²) in [5, 5.41) is 8.98. The molecule has 1 N–H and O–H groups in total. The third-order valence-corrected chi connectivity index (χ3v) is 2.87. The number of rotatable bonds is 5. The maximum atomic E-state index is 8.98. The summed E-state index contributed by atoms with van der Waals surface area (Å²) >= 11 is 0. The van der Waals surface area contributed by atoms with Crippen molar-refractivity contribution in [1.29, 1.82) is 0 Å². The van der Waals surface area contributed by atoms with Gasteiger partial charge in [-0.15, -0.1) is 0 Å². The summed E-state index contributed by atoms with van der Waals surface area (Å²) in [6.07, 6.45) is 2.42. The Bertz CT molecular complexity index is 80.9. The molecule has 1 nitrogen and oxygen atoms in total. The topological polar surface area (TPSA) is 20.2 Å². The van der Waals surface area contributed by atoms with E-state index in [1.54, 1.807) is 0 Å². The van der Waals surface area contributed by atoms with Crippen LogP contribution in [0.25, 0.3) is 0 Å². The number of hydrogen-bond donors (Lipinski definition) is 1. The van der Waals surface area contributed by atoms with Crippen molar-refractivity contribution < 1.29 is 5.11 Å². The van der Waals surface area contributed by atoms with Crippen LogP contribution in [0.15, 0.2) is 0 Å². The van der Waals surface area contributed by atoms with Gasteiger partial charge in [0.2, 0.25) is 0 Å². The van der Waals surface area contributed by atoms with Gasteiger partial charge in [0.1, 0.15) is 0 Å². The van der Waals surface area contributed by atoms with E-state index in [-0.39, 0.29) is 0 Å². The van der Waals surface area contributed by atoms with E-state index in [9.17, 15) is 0 Å². The molecule has 0 rings (SSSR count). The van der Waals surface area contributed by atoms with Gasteiger partial charge in [0, 0.05) is 6.61 Å². The molecule has 0 saturated carbocycles. The molecule has 0 fully saturated rings. The first kappa shape index (κ1) is 11.0. The fourth-order valence-corrected chi connectivity index (χ4v) is 1.80. The van der Waals surface area contributed by atoms with Crippen LogP contribution in [-0.2, 0) is 0 Å². The van der Waals surface area contributed by atoms with Gasteiger partial charge < -0.3 is 5.11 Å². The molecule has 0 saturated heterocycles. The van der Waals surface area contributed by atoms with Crippen molar-refractivity contribution in [3.8, 4) is 0 Å². The molecule has 3 unspecified atom stereocenters. The SMILES string of the molecule is CCC(C)C(CC)C(C)CO. The first-order valence-electron chi connectivity index (χ1n) is 4.78. The first-order valence-corrected chi connectivity index (χ1v) is 4.78. The molecule has 11 heavy (non-hydrogen) atoms. The van der Waals surface area contributed by atoms with Gasteiger partial charge in [0.15, 0.2) is 0 Å². The zero-order chi connectivity index (χ0) is 8.85. The van der Waals surface area contributed by atoms with Gasteiger partial charge in [0.05, 0.1) is 0 Å². The summed E-state index contributed by atoms with van der Waals surface area (Å²) in [6, 6.07) is 0. The fraction of sp³-hybridized carbons (Fsp3) is 1.00. The highest BCUT2D eigenvalue weighted by Crippen LogP contribution is 2.26. The molecule has 0 aliphatic heterocycles. The Hall–Kier alpha value is -0.0400. The van der Waals surface area contributed by atoms with E-state index >= 15 is 0 Å². The van der Waals surface area contributed by atoms with E-state index in [2.05, 4.69) is 27.7 Å². The maximum absolute atomic E-state index is 8.98. The lowest BCUT2D eigenvalue weighted by molar-refractivity contribution is 0.148. The Morgan fingerprint density at radius 2 is 1.55 bits per heavy atom.